The van der Waals surface area contributed by atoms with Crippen LogP contribution in [0.25, 0.3) is 0 Å². The lowest BCUT2D eigenvalue weighted by atomic mass is 9.81. The van der Waals surface area contributed by atoms with E-state index in [-0.39, 0.29) is 43.5 Å². The van der Waals surface area contributed by atoms with Crippen LogP contribution in [-0.2, 0) is 32.0 Å². The number of hydrogen-bond acceptors (Lipinski definition) is 5. The summed E-state index contributed by atoms with van der Waals surface area (Å²) in [4.78, 5) is 65.3. The number of nitrogens with one attached hydrogen (secondary N) is 4. The Bertz CT molecular complexity index is 1170. The number of Topliss-reactive ketones (excluding diaryl/α,β-unsaturated/α-hetero) is 1. The third kappa shape index (κ3) is 9.75. The highest BCUT2D eigenvalue weighted by Crippen LogP contribution is 2.32. The molecule has 42 heavy (non-hydrogen) atoms. The number of urea groups is 1. The molecule has 5 amide bonds. The molecule has 0 spiro atoms. The number of rotatable bonds is 16. The second-order valence-corrected chi connectivity index (χ2v) is 11.2. The van der Waals surface area contributed by atoms with Gasteiger partial charge in [-0.1, -0.05) is 44.2 Å². The van der Waals surface area contributed by atoms with Crippen LogP contribution in [0, 0.1) is 23.7 Å². The fourth-order valence-corrected chi connectivity index (χ4v) is 5.27. The van der Waals surface area contributed by atoms with Gasteiger partial charge in [0.15, 0.2) is 0 Å². The Balaban J connectivity index is 2.05. The van der Waals surface area contributed by atoms with E-state index in [1.807, 2.05) is 26.0 Å². The van der Waals surface area contributed by atoms with Gasteiger partial charge in [0.05, 0.1) is 6.04 Å². The summed E-state index contributed by atoms with van der Waals surface area (Å²) in [6.45, 7) is 8.00. The molecule has 1 aliphatic carbocycles. The maximum absolute atomic E-state index is 13.7. The minimum absolute atomic E-state index is 0.0746. The van der Waals surface area contributed by atoms with Crippen LogP contribution in [0.5, 0.6) is 0 Å². The summed E-state index contributed by atoms with van der Waals surface area (Å²) in [5.74, 6) is 0.236. The number of fused-ring (bicyclic) bond motifs is 1. The van der Waals surface area contributed by atoms with Crippen molar-refractivity contribution in [2.75, 3.05) is 27.2 Å². The van der Waals surface area contributed by atoms with Crippen LogP contribution in [0.3, 0.4) is 0 Å². The zero-order valence-electron chi connectivity index (χ0n) is 25.3. The Morgan fingerprint density at radius 3 is 2.36 bits per heavy atom. The lowest BCUT2D eigenvalue weighted by Gasteiger charge is -2.36. The van der Waals surface area contributed by atoms with Gasteiger partial charge in [-0.15, -0.1) is 18.9 Å². The molecule has 4 N–H and O–H groups in total. The van der Waals surface area contributed by atoms with Gasteiger partial charge in [0.25, 0.3) is 5.91 Å². The van der Waals surface area contributed by atoms with E-state index >= 15 is 0 Å². The monoisotopic (exact) mass is 579 g/mol. The Morgan fingerprint density at radius 1 is 1.17 bits per heavy atom. The predicted octanol–water partition coefficient (Wildman–Crippen LogP) is 2.12. The van der Waals surface area contributed by atoms with E-state index in [0.717, 1.165) is 0 Å². The lowest BCUT2D eigenvalue weighted by molar-refractivity contribution is -0.140. The minimum atomic E-state index is -1.03. The molecule has 3 unspecified atom stereocenters. The second kappa shape index (κ2) is 16.3. The fourth-order valence-electron chi connectivity index (χ4n) is 5.27. The molecule has 2 rings (SSSR count). The van der Waals surface area contributed by atoms with Gasteiger partial charge < -0.3 is 26.2 Å². The average molecular weight is 580 g/mol. The van der Waals surface area contributed by atoms with E-state index in [4.69, 9.17) is 6.42 Å². The van der Waals surface area contributed by atoms with E-state index in [2.05, 4.69) is 45.9 Å². The Kier molecular flexibility index (Phi) is 13.3. The molecule has 0 radical (unpaired) electrons. The van der Waals surface area contributed by atoms with Gasteiger partial charge in [-0.3, -0.25) is 19.2 Å². The fraction of sp³-hybridized carbons (Fsp3) is 0.531. The first-order valence-electron chi connectivity index (χ1n) is 14.4. The van der Waals surface area contributed by atoms with E-state index in [9.17, 15) is 24.0 Å². The number of likely N-dealkylation sites (N-methyl/N-ethyl adjacent to an activating group) is 1. The number of ketones is 1. The summed E-state index contributed by atoms with van der Waals surface area (Å²) in [5, 5.41) is 10.5. The third-order valence-corrected chi connectivity index (χ3v) is 8.00. The lowest BCUT2D eigenvalue weighted by Crippen LogP contribution is -2.55. The van der Waals surface area contributed by atoms with Crippen molar-refractivity contribution < 1.29 is 24.0 Å². The Morgan fingerprint density at radius 2 is 1.81 bits per heavy atom. The van der Waals surface area contributed by atoms with Gasteiger partial charge >= 0.3 is 6.03 Å². The molecule has 10 nitrogen and oxygen atoms in total. The van der Waals surface area contributed by atoms with Crippen molar-refractivity contribution in [3.8, 4) is 12.3 Å². The molecule has 1 aliphatic rings. The maximum Gasteiger partial charge on any atom is 0.315 e. The molecule has 1 aromatic carbocycles. The van der Waals surface area contributed by atoms with Crippen molar-refractivity contribution in [3.63, 3.8) is 0 Å². The van der Waals surface area contributed by atoms with Crippen molar-refractivity contribution in [3.05, 3.63) is 48.0 Å². The summed E-state index contributed by atoms with van der Waals surface area (Å²) < 4.78 is 0. The van der Waals surface area contributed by atoms with Gasteiger partial charge in [0.2, 0.25) is 17.6 Å². The van der Waals surface area contributed by atoms with Gasteiger partial charge in [0.1, 0.15) is 6.04 Å². The average Bonchev–Trinajstić information content (AvgIpc) is 3.42. The summed E-state index contributed by atoms with van der Waals surface area (Å²) in [7, 11) is 3.23. The molecule has 1 aromatic rings. The number of nitrogens with zero attached hydrogens (tertiary/aromatic N) is 1. The minimum Gasteiger partial charge on any atom is -0.346 e. The Labute approximate surface area is 249 Å². The number of terminal acetylenes is 1. The molecule has 0 saturated heterocycles. The standard InChI is InChI=1S/C32H45N5O5/c1-7-10-15-25(28(39)29(40)34-18-8-2)35-26(38)16-17-32(4,9-3)21-37(6)30(41)27(36-31(42)33-5)24-19-22-13-11-12-14-23(22)20-24/h1,8,11-14,24-25,27H,2,9-10,15-21H2,3-6H3,(H,34,40)(H,35,38)(H2,33,36,42). The van der Waals surface area contributed by atoms with Crippen LogP contribution < -0.4 is 21.3 Å². The van der Waals surface area contributed by atoms with Gasteiger partial charge in [0, 0.05) is 40.0 Å². The molecular formula is C32H45N5O5. The molecule has 3 atom stereocenters. The largest absolute Gasteiger partial charge is 0.346 e. The highest BCUT2D eigenvalue weighted by Gasteiger charge is 2.37. The predicted molar refractivity (Wildman–Crippen MR) is 162 cm³/mol. The number of amides is 5. The highest BCUT2D eigenvalue weighted by molar-refractivity contribution is 6.38. The molecule has 0 aliphatic heterocycles. The van der Waals surface area contributed by atoms with Crippen molar-refractivity contribution in [1.82, 2.24) is 26.2 Å². The third-order valence-electron chi connectivity index (χ3n) is 8.00. The first-order chi connectivity index (χ1) is 20.0. The van der Waals surface area contributed by atoms with Crippen molar-refractivity contribution in [2.45, 2.75) is 70.9 Å². The van der Waals surface area contributed by atoms with Crippen LogP contribution in [0.2, 0.25) is 0 Å². The van der Waals surface area contributed by atoms with Crippen LogP contribution in [0.1, 0.15) is 57.1 Å². The first-order valence-corrected chi connectivity index (χ1v) is 14.4. The first kappa shape index (κ1) is 34.1. The number of carbonyl (C=O) groups is 5. The van der Waals surface area contributed by atoms with Crippen LogP contribution in [0.4, 0.5) is 4.79 Å². The quantitative estimate of drug-likeness (QED) is 0.135. The van der Waals surface area contributed by atoms with Gasteiger partial charge in [-0.05, 0) is 54.6 Å². The maximum atomic E-state index is 13.7. The molecule has 0 heterocycles. The Hall–Kier alpha value is -4.13. The topological polar surface area (TPSA) is 137 Å². The highest BCUT2D eigenvalue weighted by atomic mass is 16.2. The molecule has 10 heteroatoms. The van der Waals surface area contributed by atoms with Crippen LogP contribution >= 0.6 is 0 Å². The zero-order valence-corrected chi connectivity index (χ0v) is 25.3. The number of hydrogen-bond donors (Lipinski definition) is 4. The normalized spacial score (nSPS) is 15.1. The van der Waals surface area contributed by atoms with Crippen molar-refractivity contribution in [1.29, 1.82) is 0 Å². The molecule has 0 fully saturated rings. The van der Waals surface area contributed by atoms with Gasteiger partial charge in [-0.2, -0.15) is 0 Å². The summed E-state index contributed by atoms with van der Waals surface area (Å²) in [5.41, 5.74) is 1.95. The van der Waals surface area contributed by atoms with E-state index in [0.29, 0.717) is 32.2 Å². The van der Waals surface area contributed by atoms with Crippen LogP contribution in [-0.4, -0.2) is 73.7 Å². The molecule has 228 valence electrons. The van der Waals surface area contributed by atoms with Crippen molar-refractivity contribution in [2.24, 2.45) is 11.3 Å². The molecule has 0 bridgehead atoms. The summed E-state index contributed by atoms with van der Waals surface area (Å²) >= 11 is 0. The molecule has 0 aromatic heterocycles. The summed E-state index contributed by atoms with van der Waals surface area (Å²) in [6, 6.07) is 5.91. The SMILES string of the molecule is C#CCCC(NC(=O)CCC(C)(CC)CN(C)C(=O)C(NC(=O)NC)C1Cc2ccccc2C1)C(=O)C(=O)NCC=C. The van der Waals surface area contributed by atoms with E-state index in [1.165, 1.54) is 24.3 Å². The zero-order chi connectivity index (χ0) is 31.3. The molecular weight excluding hydrogens is 534 g/mol. The number of benzene rings is 1. The smallest absolute Gasteiger partial charge is 0.315 e. The molecule has 0 saturated carbocycles. The van der Waals surface area contributed by atoms with Crippen molar-refractivity contribution >= 4 is 29.5 Å². The van der Waals surface area contributed by atoms with Crippen LogP contribution in [0.15, 0.2) is 36.9 Å². The number of carbonyl (C=O) groups excluding carboxylic acids is 5. The second-order valence-electron chi connectivity index (χ2n) is 11.2. The van der Waals surface area contributed by atoms with Gasteiger partial charge in [-0.25, -0.2) is 4.79 Å². The van der Waals surface area contributed by atoms with E-state index in [1.54, 1.807) is 11.9 Å². The summed E-state index contributed by atoms with van der Waals surface area (Å²) in [6.07, 6.45) is 9.78. The van der Waals surface area contributed by atoms with E-state index < -0.39 is 35.2 Å².